The van der Waals surface area contributed by atoms with Crippen LogP contribution in [0.25, 0.3) is 0 Å². The monoisotopic (exact) mass is 261 g/mol. The second-order valence-corrected chi connectivity index (χ2v) is 4.55. The number of ether oxygens (including phenoxy) is 1. The normalized spacial score (nSPS) is 10.2. The summed E-state index contributed by atoms with van der Waals surface area (Å²) in [4.78, 5) is 0. The zero-order valence-electron chi connectivity index (χ0n) is 10.5. The van der Waals surface area contributed by atoms with Crippen molar-refractivity contribution in [2.75, 3.05) is 12.4 Å². The van der Waals surface area contributed by atoms with Crippen LogP contribution < -0.4 is 10.1 Å². The van der Waals surface area contributed by atoms with Crippen LogP contribution in [-0.4, -0.2) is 7.11 Å². The number of rotatable bonds is 4. The third-order valence-corrected chi connectivity index (χ3v) is 3.14. The topological polar surface area (TPSA) is 21.3 Å². The van der Waals surface area contributed by atoms with Gasteiger partial charge in [-0.25, -0.2) is 0 Å². The Morgan fingerprint density at radius 2 is 1.94 bits per heavy atom. The molecule has 0 aliphatic rings. The summed E-state index contributed by atoms with van der Waals surface area (Å²) in [6.07, 6.45) is 0. The molecule has 2 aromatic rings. The first-order valence-corrected chi connectivity index (χ1v) is 6.20. The average Bonchev–Trinajstić information content (AvgIpc) is 2.37. The van der Waals surface area contributed by atoms with Crippen molar-refractivity contribution in [1.29, 1.82) is 0 Å². The first kappa shape index (κ1) is 12.8. The van der Waals surface area contributed by atoms with E-state index in [1.807, 2.05) is 30.3 Å². The third kappa shape index (κ3) is 2.96. The fraction of sp³-hybridized carbons (Fsp3) is 0.200. The summed E-state index contributed by atoms with van der Waals surface area (Å²) in [7, 11) is 1.65. The number of anilines is 1. The molecule has 2 aromatic carbocycles. The molecular weight excluding hydrogens is 246 g/mol. The fourth-order valence-electron chi connectivity index (χ4n) is 1.85. The summed E-state index contributed by atoms with van der Waals surface area (Å²) in [5.41, 5.74) is 3.28. The second-order valence-electron chi connectivity index (χ2n) is 4.14. The summed E-state index contributed by atoms with van der Waals surface area (Å²) >= 11 is 6.19. The van der Waals surface area contributed by atoms with Crippen LogP contribution in [0.15, 0.2) is 42.5 Å². The van der Waals surface area contributed by atoms with Crippen LogP contribution in [0, 0.1) is 6.92 Å². The van der Waals surface area contributed by atoms with Crippen molar-refractivity contribution in [3.8, 4) is 5.75 Å². The van der Waals surface area contributed by atoms with Crippen LogP contribution in [-0.2, 0) is 6.54 Å². The summed E-state index contributed by atoms with van der Waals surface area (Å²) in [6.45, 7) is 2.72. The van der Waals surface area contributed by atoms with Gasteiger partial charge in [-0.3, -0.25) is 0 Å². The van der Waals surface area contributed by atoms with Gasteiger partial charge in [-0.2, -0.15) is 0 Å². The molecule has 3 heteroatoms. The lowest BCUT2D eigenvalue weighted by molar-refractivity contribution is 0.410. The first-order valence-electron chi connectivity index (χ1n) is 5.82. The van der Waals surface area contributed by atoms with Gasteiger partial charge in [0.15, 0.2) is 0 Å². The quantitative estimate of drug-likeness (QED) is 0.888. The minimum absolute atomic E-state index is 0.645. The maximum atomic E-state index is 6.19. The third-order valence-electron chi connectivity index (χ3n) is 2.78. The van der Waals surface area contributed by atoms with E-state index in [9.17, 15) is 0 Å². The highest BCUT2D eigenvalue weighted by Crippen LogP contribution is 2.27. The van der Waals surface area contributed by atoms with E-state index in [0.717, 1.165) is 22.0 Å². The van der Waals surface area contributed by atoms with Gasteiger partial charge in [0.05, 0.1) is 7.11 Å². The molecule has 0 amide bonds. The highest BCUT2D eigenvalue weighted by atomic mass is 35.5. The van der Waals surface area contributed by atoms with Crippen molar-refractivity contribution >= 4 is 17.3 Å². The van der Waals surface area contributed by atoms with Gasteiger partial charge in [0, 0.05) is 22.8 Å². The molecule has 18 heavy (non-hydrogen) atoms. The van der Waals surface area contributed by atoms with E-state index in [2.05, 4.69) is 24.4 Å². The van der Waals surface area contributed by atoms with Crippen LogP contribution in [0.4, 0.5) is 5.69 Å². The van der Waals surface area contributed by atoms with Crippen molar-refractivity contribution in [2.45, 2.75) is 13.5 Å². The minimum atomic E-state index is 0.645. The van der Waals surface area contributed by atoms with E-state index >= 15 is 0 Å². The van der Waals surface area contributed by atoms with Crippen molar-refractivity contribution < 1.29 is 4.74 Å². The molecule has 0 saturated carbocycles. The Bertz CT molecular complexity index is 540. The van der Waals surface area contributed by atoms with Crippen molar-refractivity contribution in [1.82, 2.24) is 0 Å². The van der Waals surface area contributed by atoms with E-state index in [0.29, 0.717) is 6.54 Å². The Balaban J connectivity index is 2.15. The summed E-state index contributed by atoms with van der Waals surface area (Å²) < 4.78 is 5.31. The molecule has 0 bridgehead atoms. The smallest absolute Gasteiger partial charge is 0.125 e. The average molecular weight is 262 g/mol. The zero-order chi connectivity index (χ0) is 13.0. The minimum Gasteiger partial charge on any atom is -0.496 e. The van der Waals surface area contributed by atoms with E-state index in [-0.39, 0.29) is 0 Å². The summed E-state index contributed by atoms with van der Waals surface area (Å²) in [5.74, 6) is 0.808. The molecular formula is C15H16ClNO. The maximum Gasteiger partial charge on any atom is 0.125 e. The Morgan fingerprint density at radius 3 is 2.67 bits per heavy atom. The molecule has 0 heterocycles. The van der Waals surface area contributed by atoms with Gasteiger partial charge >= 0.3 is 0 Å². The zero-order valence-corrected chi connectivity index (χ0v) is 11.3. The molecule has 94 valence electrons. The van der Waals surface area contributed by atoms with Crippen LogP contribution >= 0.6 is 11.6 Å². The predicted octanol–water partition coefficient (Wildman–Crippen LogP) is 4.27. The Morgan fingerprint density at radius 1 is 1.17 bits per heavy atom. The number of hydrogen-bond donors (Lipinski definition) is 1. The Labute approximate surface area is 113 Å². The van der Waals surface area contributed by atoms with E-state index in [1.165, 1.54) is 5.56 Å². The number of halogens is 1. The predicted molar refractivity (Wildman–Crippen MR) is 76.5 cm³/mol. The molecule has 0 saturated heterocycles. The summed E-state index contributed by atoms with van der Waals surface area (Å²) in [5, 5.41) is 4.07. The van der Waals surface area contributed by atoms with Gasteiger partial charge < -0.3 is 10.1 Å². The van der Waals surface area contributed by atoms with Crippen LogP contribution in [0.1, 0.15) is 11.1 Å². The first-order chi connectivity index (χ1) is 8.70. The van der Waals surface area contributed by atoms with E-state index in [4.69, 9.17) is 16.3 Å². The van der Waals surface area contributed by atoms with E-state index < -0.39 is 0 Å². The second kappa shape index (κ2) is 5.78. The van der Waals surface area contributed by atoms with Crippen LogP contribution in [0.5, 0.6) is 5.75 Å². The van der Waals surface area contributed by atoms with Crippen molar-refractivity contribution in [2.24, 2.45) is 0 Å². The van der Waals surface area contributed by atoms with E-state index in [1.54, 1.807) is 7.11 Å². The van der Waals surface area contributed by atoms with Gasteiger partial charge in [-0.1, -0.05) is 29.8 Å². The van der Waals surface area contributed by atoms with Gasteiger partial charge in [0.25, 0.3) is 0 Å². The summed E-state index contributed by atoms with van der Waals surface area (Å²) in [6, 6.07) is 13.9. The van der Waals surface area contributed by atoms with Crippen molar-refractivity contribution in [3.63, 3.8) is 0 Å². The molecule has 0 unspecified atom stereocenters. The fourth-order valence-corrected chi connectivity index (χ4v) is 2.08. The molecule has 2 rings (SSSR count). The Hall–Kier alpha value is -1.67. The molecule has 2 nitrogen and oxygen atoms in total. The van der Waals surface area contributed by atoms with Gasteiger partial charge in [-0.05, 0) is 36.8 Å². The molecule has 0 spiro atoms. The number of nitrogens with one attached hydrogen (secondary N) is 1. The lowest BCUT2D eigenvalue weighted by Crippen LogP contribution is -2.02. The van der Waals surface area contributed by atoms with Gasteiger partial charge in [0.2, 0.25) is 0 Å². The van der Waals surface area contributed by atoms with Crippen LogP contribution in [0.3, 0.4) is 0 Å². The molecule has 0 radical (unpaired) electrons. The molecule has 0 aromatic heterocycles. The lowest BCUT2D eigenvalue weighted by Gasteiger charge is -2.12. The molecule has 0 aliphatic heterocycles. The largest absolute Gasteiger partial charge is 0.496 e. The highest BCUT2D eigenvalue weighted by molar-refractivity contribution is 6.31. The molecule has 0 aliphatic carbocycles. The van der Waals surface area contributed by atoms with Crippen LogP contribution in [0.2, 0.25) is 5.02 Å². The van der Waals surface area contributed by atoms with Crippen molar-refractivity contribution in [3.05, 3.63) is 58.6 Å². The number of methoxy groups -OCH3 is 1. The molecule has 0 atom stereocenters. The number of benzene rings is 2. The van der Waals surface area contributed by atoms with Gasteiger partial charge in [-0.15, -0.1) is 0 Å². The molecule has 0 fully saturated rings. The SMILES string of the molecule is COc1cccc(Cl)c1CNc1cccc(C)c1. The number of aryl methyl sites for hydroxylation is 1. The Kier molecular flexibility index (Phi) is 4.11. The standard InChI is InChI=1S/C15H16ClNO/c1-11-5-3-6-12(9-11)17-10-13-14(16)7-4-8-15(13)18-2/h3-9,17H,10H2,1-2H3. The maximum absolute atomic E-state index is 6.19. The lowest BCUT2D eigenvalue weighted by atomic mass is 10.2. The highest BCUT2D eigenvalue weighted by Gasteiger charge is 2.06. The van der Waals surface area contributed by atoms with Gasteiger partial charge in [0.1, 0.15) is 5.75 Å². The number of hydrogen-bond acceptors (Lipinski definition) is 2. The molecule has 1 N–H and O–H groups in total.